The minimum atomic E-state index is -0.813. The number of rotatable bonds is 50. The molecule has 0 aliphatic heterocycles. The Labute approximate surface area is 408 Å². The summed E-state index contributed by atoms with van der Waals surface area (Å²) in [5.41, 5.74) is 0. The molecule has 0 rings (SSSR count). The zero-order valence-corrected chi connectivity index (χ0v) is 43.4. The molecule has 0 heterocycles. The van der Waals surface area contributed by atoms with Gasteiger partial charge in [0.15, 0.2) is 6.10 Å². The normalized spacial score (nSPS) is 12.6. The van der Waals surface area contributed by atoms with Crippen molar-refractivity contribution < 1.29 is 28.6 Å². The highest BCUT2D eigenvalue weighted by atomic mass is 16.6. The van der Waals surface area contributed by atoms with E-state index in [1.807, 2.05) is 6.08 Å². The molecule has 6 nitrogen and oxygen atoms in total. The lowest BCUT2D eigenvalue weighted by Gasteiger charge is -2.18. The van der Waals surface area contributed by atoms with E-state index in [1.54, 1.807) is 0 Å². The molecule has 1 atom stereocenters. The minimum Gasteiger partial charge on any atom is -0.462 e. The van der Waals surface area contributed by atoms with E-state index in [9.17, 15) is 14.4 Å². The molecule has 1 unspecified atom stereocenters. The van der Waals surface area contributed by atoms with Gasteiger partial charge in [0.25, 0.3) is 0 Å². The molecule has 0 radical (unpaired) electrons. The number of carbonyl (C=O) groups is 3. The van der Waals surface area contributed by atoms with E-state index in [0.29, 0.717) is 12.8 Å². The Morgan fingerprint density at radius 1 is 0.318 bits per heavy atom. The number of hydrogen-bond acceptors (Lipinski definition) is 6. The van der Waals surface area contributed by atoms with Gasteiger partial charge in [-0.15, -0.1) is 0 Å². The van der Waals surface area contributed by atoms with Gasteiger partial charge in [-0.1, -0.05) is 235 Å². The van der Waals surface area contributed by atoms with Crippen LogP contribution in [0.15, 0.2) is 72.9 Å². The van der Waals surface area contributed by atoms with Crippen LogP contribution in [0.3, 0.4) is 0 Å². The lowest BCUT2D eigenvalue weighted by molar-refractivity contribution is -0.166. The molecule has 0 spiro atoms. The van der Waals surface area contributed by atoms with Crippen molar-refractivity contribution in [3.8, 4) is 0 Å². The first-order valence-electron chi connectivity index (χ1n) is 28.0. The summed E-state index contributed by atoms with van der Waals surface area (Å²) < 4.78 is 16.8. The Morgan fingerprint density at radius 3 is 1.06 bits per heavy atom. The Balaban J connectivity index is 4.45. The van der Waals surface area contributed by atoms with Crippen molar-refractivity contribution in [1.82, 2.24) is 0 Å². The predicted octanol–water partition coefficient (Wildman–Crippen LogP) is 18.6. The second-order valence-corrected chi connectivity index (χ2v) is 18.5. The molecule has 0 aromatic heterocycles. The summed E-state index contributed by atoms with van der Waals surface area (Å²) in [4.78, 5) is 38.0. The zero-order valence-electron chi connectivity index (χ0n) is 43.4. The fraction of sp³-hybridized carbons (Fsp3) is 0.750. The molecular weight excluding hydrogens is 817 g/mol. The third kappa shape index (κ3) is 51.8. The minimum absolute atomic E-state index is 0.105. The zero-order chi connectivity index (χ0) is 47.9. The van der Waals surface area contributed by atoms with Crippen molar-refractivity contribution in [3.05, 3.63) is 72.9 Å². The molecule has 0 aliphatic carbocycles. The Morgan fingerprint density at radius 2 is 0.621 bits per heavy atom. The van der Waals surface area contributed by atoms with E-state index in [4.69, 9.17) is 14.2 Å². The molecule has 0 saturated carbocycles. The van der Waals surface area contributed by atoms with Crippen LogP contribution in [0.4, 0.5) is 0 Å². The molecule has 66 heavy (non-hydrogen) atoms. The molecule has 0 bridgehead atoms. The van der Waals surface area contributed by atoms with Gasteiger partial charge in [0, 0.05) is 19.3 Å². The Hall–Kier alpha value is -3.15. The number of esters is 3. The van der Waals surface area contributed by atoms with Crippen molar-refractivity contribution in [2.75, 3.05) is 13.2 Å². The summed E-state index contributed by atoms with van der Waals surface area (Å²) in [7, 11) is 0. The first-order valence-corrected chi connectivity index (χ1v) is 28.0. The van der Waals surface area contributed by atoms with Gasteiger partial charge in [0.2, 0.25) is 0 Å². The van der Waals surface area contributed by atoms with Gasteiger partial charge in [-0.3, -0.25) is 14.4 Å². The average Bonchev–Trinajstić information content (AvgIpc) is 3.31. The lowest BCUT2D eigenvalue weighted by Crippen LogP contribution is -2.30. The quantitative estimate of drug-likeness (QED) is 0.0199. The molecule has 0 aromatic rings. The van der Waals surface area contributed by atoms with Gasteiger partial charge in [-0.2, -0.15) is 0 Å². The number of unbranched alkanes of at least 4 members (excludes halogenated alkanes) is 29. The number of hydrogen-bond donors (Lipinski definition) is 0. The molecule has 0 amide bonds. The van der Waals surface area contributed by atoms with Gasteiger partial charge in [0.05, 0.1) is 0 Å². The highest BCUT2D eigenvalue weighted by Gasteiger charge is 2.19. The molecule has 0 aliphatic rings. The van der Waals surface area contributed by atoms with Crippen LogP contribution in [0.1, 0.15) is 271 Å². The van der Waals surface area contributed by atoms with Gasteiger partial charge in [-0.05, 0) is 89.9 Å². The van der Waals surface area contributed by atoms with Gasteiger partial charge < -0.3 is 14.2 Å². The second-order valence-electron chi connectivity index (χ2n) is 18.5. The monoisotopic (exact) mass is 921 g/mol. The average molecular weight is 921 g/mol. The molecule has 0 aromatic carbocycles. The second kappa shape index (κ2) is 54.5. The van der Waals surface area contributed by atoms with E-state index < -0.39 is 6.10 Å². The van der Waals surface area contributed by atoms with Crippen LogP contribution in [0.2, 0.25) is 0 Å². The largest absolute Gasteiger partial charge is 0.462 e. The van der Waals surface area contributed by atoms with Gasteiger partial charge in [-0.25, -0.2) is 0 Å². The molecule has 6 heteroatoms. The van der Waals surface area contributed by atoms with Crippen molar-refractivity contribution in [2.45, 2.75) is 277 Å². The fourth-order valence-electron chi connectivity index (χ4n) is 7.71. The summed E-state index contributed by atoms with van der Waals surface area (Å²) in [6, 6.07) is 0. The molecule has 0 N–H and O–H groups in total. The van der Waals surface area contributed by atoms with Crippen LogP contribution in [-0.4, -0.2) is 37.2 Å². The van der Waals surface area contributed by atoms with Gasteiger partial charge >= 0.3 is 17.9 Å². The van der Waals surface area contributed by atoms with E-state index in [-0.39, 0.29) is 44.0 Å². The summed E-state index contributed by atoms with van der Waals surface area (Å²) >= 11 is 0. The smallest absolute Gasteiger partial charge is 0.306 e. The third-order valence-corrected chi connectivity index (χ3v) is 12.0. The molecule has 0 fully saturated rings. The fourth-order valence-corrected chi connectivity index (χ4v) is 7.71. The van der Waals surface area contributed by atoms with Gasteiger partial charge in [0.1, 0.15) is 13.2 Å². The Kier molecular flexibility index (Phi) is 51.9. The van der Waals surface area contributed by atoms with Crippen molar-refractivity contribution in [1.29, 1.82) is 0 Å². The lowest BCUT2D eigenvalue weighted by atomic mass is 10.1. The molecule has 380 valence electrons. The standard InChI is InChI=1S/C60H104O6/c1-4-7-10-13-16-19-22-25-27-29-30-31-33-35-38-41-44-47-50-53-59(62)65-56-57(55-64-58(61)52-49-46-43-40-37-34-24-21-18-15-12-9-6-3)66-60(63)54-51-48-45-42-39-36-32-28-26-23-20-17-14-11-8-5-2/h16,19,22,25,28,32,34,36-37,39,43,46,57H,4-15,17-18,20-21,23-24,26-27,29-31,33,35,38,40-42,44-45,47-56H2,1-3H3/b19-16+,25-22+,32-28+,37-34+,39-36+,46-43+. The first-order chi connectivity index (χ1) is 32.5. The number of carbonyl (C=O) groups excluding carboxylic acids is 3. The SMILES string of the molecule is CCCCC/C=C/C=C/CCCCCCCCCCCCC(=O)OCC(COC(=O)CC/C=C/C/C=C/CCCCCCCC)OC(=O)CCCCC/C=C/C=C/CCCCCCCCC. The maximum absolute atomic E-state index is 12.8. The van der Waals surface area contributed by atoms with Crippen LogP contribution in [0, 0.1) is 0 Å². The van der Waals surface area contributed by atoms with Crippen molar-refractivity contribution in [3.63, 3.8) is 0 Å². The van der Waals surface area contributed by atoms with Crippen LogP contribution >= 0.6 is 0 Å². The van der Waals surface area contributed by atoms with Crippen LogP contribution in [0.5, 0.6) is 0 Å². The third-order valence-electron chi connectivity index (χ3n) is 12.0. The predicted molar refractivity (Wildman–Crippen MR) is 284 cm³/mol. The van der Waals surface area contributed by atoms with Crippen molar-refractivity contribution in [2.24, 2.45) is 0 Å². The summed E-state index contributed by atoms with van der Waals surface area (Å²) in [5.74, 6) is -1.00. The topological polar surface area (TPSA) is 78.9 Å². The maximum atomic E-state index is 12.8. The van der Waals surface area contributed by atoms with Crippen LogP contribution < -0.4 is 0 Å². The number of allylic oxidation sites excluding steroid dienone is 12. The first kappa shape index (κ1) is 62.8. The summed E-state index contributed by atoms with van der Waals surface area (Å²) in [6.45, 7) is 6.53. The maximum Gasteiger partial charge on any atom is 0.306 e. The van der Waals surface area contributed by atoms with Crippen molar-refractivity contribution >= 4 is 17.9 Å². The van der Waals surface area contributed by atoms with E-state index in [2.05, 4.69) is 87.6 Å². The Bertz CT molecular complexity index is 1240. The highest BCUT2D eigenvalue weighted by molar-refractivity contribution is 5.71. The van der Waals surface area contributed by atoms with E-state index >= 15 is 0 Å². The van der Waals surface area contributed by atoms with Crippen LogP contribution in [-0.2, 0) is 28.6 Å². The van der Waals surface area contributed by atoms with E-state index in [1.165, 1.54) is 161 Å². The number of ether oxygens (including phenoxy) is 3. The highest BCUT2D eigenvalue weighted by Crippen LogP contribution is 2.14. The van der Waals surface area contributed by atoms with Crippen LogP contribution in [0.25, 0.3) is 0 Å². The van der Waals surface area contributed by atoms with E-state index in [0.717, 1.165) is 64.2 Å². The molecule has 0 saturated heterocycles. The summed E-state index contributed by atoms with van der Waals surface area (Å²) in [5, 5.41) is 0. The molecular formula is C60H104O6. The summed E-state index contributed by atoms with van der Waals surface area (Å²) in [6.07, 6.45) is 69.0.